The SMILES string of the molecule is COCCNCc1ccc(N(CCOC)C2CC2)c(F)c1. The molecule has 0 heterocycles. The molecule has 1 N–H and O–H groups in total. The lowest BCUT2D eigenvalue weighted by Crippen LogP contribution is -2.30. The monoisotopic (exact) mass is 296 g/mol. The van der Waals surface area contributed by atoms with Crippen molar-refractivity contribution in [2.75, 3.05) is 45.4 Å². The number of nitrogens with one attached hydrogen (secondary N) is 1. The number of hydrogen-bond acceptors (Lipinski definition) is 4. The minimum atomic E-state index is -0.149. The third kappa shape index (κ3) is 4.95. The van der Waals surface area contributed by atoms with Crippen molar-refractivity contribution in [1.29, 1.82) is 0 Å². The molecule has 2 rings (SSSR count). The Labute approximate surface area is 126 Å². The van der Waals surface area contributed by atoms with E-state index >= 15 is 0 Å². The molecule has 1 fully saturated rings. The molecule has 0 radical (unpaired) electrons. The highest BCUT2D eigenvalue weighted by molar-refractivity contribution is 5.51. The van der Waals surface area contributed by atoms with Crippen molar-refractivity contribution in [2.45, 2.75) is 25.4 Å². The number of anilines is 1. The van der Waals surface area contributed by atoms with Gasteiger partial charge in [0.15, 0.2) is 0 Å². The molecule has 0 aromatic heterocycles. The third-order valence-electron chi connectivity index (χ3n) is 3.66. The Bertz CT molecular complexity index is 438. The first-order chi connectivity index (χ1) is 10.3. The highest BCUT2D eigenvalue weighted by Crippen LogP contribution is 2.33. The van der Waals surface area contributed by atoms with E-state index in [4.69, 9.17) is 9.47 Å². The van der Waals surface area contributed by atoms with Gasteiger partial charge in [0.1, 0.15) is 5.82 Å². The Hall–Kier alpha value is -1.17. The number of benzene rings is 1. The summed E-state index contributed by atoms with van der Waals surface area (Å²) in [5.41, 5.74) is 1.64. The van der Waals surface area contributed by atoms with Crippen molar-refractivity contribution in [3.63, 3.8) is 0 Å². The molecule has 0 bridgehead atoms. The van der Waals surface area contributed by atoms with E-state index in [2.05, 4.69) is 10.2 Å². The van der Waals surface area contributed by atoms with Gasteiger partial charge in [0.05, 0.1) is 18.9 Å². The summed E-state index contributed by atoms with van der Waals surface area (Å²) in [6.45, 7) is 3.44. The van der Waals surface area contributed by atoms with E-state index in [0.29, 0.717) is 31.5 Å². The summed E-state index contributed by atoms with van der Waals surface area (Å²) in [4.78, 5) is 2.13. The molecule has 1 aliphatic rings. The Morgan fingerprint density at radius 2 is 2.00 bits per heavy atom. The molecule has 1 saturated carbocycles. The zero-order valence-corrected chi connectivity index (χ0v) is 12.9. The van der Waals surface area contributed by atoms with E-state index in [1.54, 1.807) is 20.3 Å². The summed E-state index contributed by atoms with van der Waals surface area (Å²) in [5, 5.41) is 3.22. The van der Waals surface area contributed by atoms with E-state index in [1.807, 2.05) is 12.1 Å². The topological polar surface area (TPSA) is 33.7 Å². The lowest BCUT2D eigenvalue weighted by Gasteiger charge is -2.25. The van der Waals surface area contributed by atoms with Crippen LogP contribution in [0.25, 0.3) is 0 Å². The minimum Gasteiger partial charge on any atom is -0.383 e. The van der Waals surface area contributed by atoms with E-state index in [-0.39, 0.29) is 5.82 Å². The van der Waals surface area contributed by atoms with Crippen LogP contribution in [-0.4, -0.2) is 46.6 Å². The van der Waals surface area contributed by atoms with Gasteiger partial charge in [-0.2, -0.15) is 0 Å². The number of halogens is 1. The molecule has 118 valence electrons. The Morgan fingerprint density at radius 3 is 2.62 bits per heavy atom. The largest absolute Gasteiger partial charge is 0.383 e. The van der Waals surface area contributed by atoms with Crippen molar-refractivity contribution in [3.8, 4) is 0 Å². The second kappa shape index (κ2) is 8.32. The first-order valence-electron chi connectivity index (χ1n) is 7.50. The maximum absolute atomic E-state index is 14.4. The predicted octanol–water partition coefficient (Wildman–Crippen LogP) is 2.18. The van der Waals surface area contributed by atoms with Gasteiger partial charge >= 0.3 is 0 Å². The lowest BCUT2D eigenvalue weighted by molar-refractivity contribution is 0.199. The summed E-state index contributed by atoms with van der Waals surface area (Å²) in [6, 6.07) is 5.97. The molecular formula is C16H25FN2O2. The summed E-state index contributed by atoms with van der Waals surface area (Å²) in [6.07, 6.45) is 2.28. The third-order valence-corrected chi connectivity index (χ3v) is 3.66. The molecule has 1 aromatic carbocycles. The van der Waals surface area contributed by atoms with Crippen LogP contribution in [0.5, 0.6) is 0 Å². The molecule has 0 spiro atoms. The fourth-order valence-electron chi connectivity index (χ4n) is 2.38. The number of hydrogen-bond donors (Lipinski definition) is 1. The fourth-order valence-corrected chi connectivity index (χ4v) is 2.38. The van der Waals surface area contributed by atoms with E-state index < -0.39 is 0 Å². The van der Waals surface area contributed by atoms with Gasteiger partial charge in [0, 0.05) is 39.9 Å². The van der Waals surface area contributed by atoms with Crippen LogP contribution in [0, 0.1) is 5.82 Å². The van der Waals surface area contributed by atoms with Gasteiger partial charge in [-0.1, -0.05) is 6.07 Å². The lowest BCUT2D eigenvalue weighted by atomic mass is 10.1. The summed E-state index contributed by atoms with van der Waals surface area (Å²) in [5.74, 6) is -0.149. The molecule has 0 saturated heterocycles. The van der Waals surface area contributed by atoms with Gasteiger partial charge in [0.2, 0.25) is 0 Å². The Kier molecular flexibility index (Phi) is 6.42. The van der Waals surface area contributed by atoms with Crippen LogP contribution in [0.3, 0.4) is 0 Å². The second-order valence-electron chi connectivity index (χ2n) is 5.37. The van der Waals surface area contributed by atoms with Crippen molar-refractivity contribution >= 4 is 5.69 Å². The minimum absolute atomic E-state index is 0.149. The zero-order chi connectivity index (χ0) is 15.1. The molecule has 0 atom stereocenters. The number of methoxy groups -OCH3 is 2. The first kappa shape index (κ1) is 16.2. The molecule has 0 aliphatic heterocycles. The molecule has 4 nitrogen and oxygen atoms in total. The van der Waals surface area contributed by atoms with Gasteiger partial charge in [-0.05, 0) is 30.5 Å². The standard InChI is InChI=1S/C16H25FN2O2/c1-20-9-7-18-12-13-3-6-16(15(17)11-13)19(8-10-21-2)14-4-5-14/h3,6,11,14,18H,4-5,7-10,12H2,1-2H3. The quantitative estimate of drug-likeness (QED) is 0.671. The second-order valence-corrected chi connectivity index (χ2v) is 5.37. The van der Waals surface area contributed by atoms with Gasteiger partial charge in [0.25, 0.3) is 0 Å². The molecule has 0 unspecified atom stereocenters. The van der Waals surface area contributed by atoms with Crippen LogP contribution < -0.4 is 10.2 Å². The first-order valence-corrected chi connectivity index (χ1v) is 7.50. The van der Waals surface area contributed by atoms with Crippen LogP contribution in [-0.2, 0) is 16.0 Å². The summed E-state index contributed by atoms with van der Waals surface area (Å²) >= 11 is 0. The van der Waals surface area contributed by atoms with Gasteiger partial charge in [-0.15, -0.1) is 0 Å². The van der Waals surface area contributed by atoms with Crippen LogP contribution in [0.2, 0.25) is 0 Å². The Morgan fingerprint density at radius 1 is 1.24 bits per heavy atom. The zero-order valence-electron chi connectivity index (χ0n) is 12.9. The normalized spacial score (nSPS) is 14.4. The van der Waals surface area contributed by atoms with Crippen molar-refractivity contribution in [2.24, 2.45) is 0 Å². The van der Waals surface area contributed by atoms with Crippen LogP contribution in [0.15, 0.2) is 18.2 Å². The van der Waals surface area contributed by atoms with Gasteiger partial charge in [-0.3, -0.25) is 0 Å². The van der Waals surface area contributed by atoms with Crippen LogP contribution >= 0.6 is 0 Å². The molecule has 21 heavy (non-hydrogen) atoms. The van der Waals surface area contributed by atoms with Crippen LogP contribution in [0.4, 0.5) is 10.1 Å². The average Bonchev–Trinajstić information content (AvgIpc) is 3.30. The van der Waals surface area contributed by atoms with Gasteiger partial charge < -0.3 is 19.7 Å². The maximum atomic E-state index is 14.4. The molecule has 1 aliphatic carbocycles. The van der Waals surface area contributed by atoms with E-state index in [9.17, 15) is 4.39 Å². The summed E-state index contributed by atoms with van der Waals surface area (Å²) < 4.78 is 24.5. The average molecular weight is 296 g/mol. The molecular weight excluding hydrogens is 271 g/mol. The van der Waals surface area contributed by atoms with Crippen molar-refractivity contribution < 1.29 is 13.9 Å². The van der Waals surface area contributed by atoms with Crippen molar-refractivity contribution in [3.05, 3.63) is 29.6 Å². The smallest absolute Gasteiger partial charge is 0.146 e. The number of rotatable bonds is 10. The van der Waals surface area contributed by atoms with Gasteiger partial charge in [-0.25, -0.2) is 4.39 Å². The maximum Gasteiger partial charge on any atom is 0.146 e. The molecule has 0 amide bonds. The number of nitrogens with zero attached hydrogens (tertiary/aromatic N) is 1. The summed E-state index contributed by atoms with van der Waals surface area (Å²) in [7, 11) is 3.35. The van der Waals surface area contributed by atoms with E-state index in [1.165, 1.54) is 0 Å². The molecule has 1 aromatic rings. The Balaban J connectivity index is 1.96. The predicted molar refractivity (Wildman–Crippen MR) is 82.2 cm³/mol. The van der Waals surface area contributed by atoms with E-state index in [0.717, 1.165) is 31.5 Å². The fraction of sp³-hybridized carbons (Fsp3) is 0.625. The highest BCUT2D eigenvalue weighted by Gasteiger charge is 2.30. The van der Waals surface area contributed by atoms with Crippen LogP contribution in [0.1, 0.15) is 18.4 Å². The number of ether oxygens (including phenoxy) is 2. The highest BCUT2D eigenvalue weighted by atomic mass is 19.1. The molecule has 5 heteroatoms. The van der Waals surface area contributed by atoms with Crippen molar-refractivity contribution in [1.82, 2.24) is 5.32 Å².